The van der Waals surface area contributed by atoms with Gasteiger partial charge in [-0.05, 0) is 44.4 Å². The van der Waals surface area contributed by atoms with Crippen LogP contribution in [0.2, 0.25) is 0 Å². The van der Waals surface area contributed by atoms with E-state index in [1.165, 1.54) is 0 Å². The number of aromatic nitrogens is 2. The summed E-state index contributed by atoms with van der Waals surface area (Å²) in [6.45, 7) is 4.15. The van der Waals surface area contributed by atoms with Gasteiger partial charge < -0.3 is 33.7 Å². The number of anilines is 1. The molecule has 0 saturated heterocycles. The highest BCUT2D eigenvalue weighted by atomic mass is 31.2. The Kier molecular flexibility index (Phi) is 9.71. The summed E-state index contributed by atoms with van der Waals surface area (Å²) < 4.78 is 23.9. The van der Waals surface area contributed by atoms with Crippen molar-refractivity contribution in [2.45, 2.75) is 39.5 Å². The summed E-state index contributed by atoms with van der Waals surface area (Å²) in [5, 5.41) is 5.68. The predicted octanol–water partition coefficient (Wildman–Crippen LogP) is 2.74. The van der Waals surface area contributed by atoms with E-state index in [0.717, 1.165) is 24.8 Å². The first-order valence-corrected chi connectivity index (χ1v) is 12.1. The zero-order valence-electron chi connectivity index (χ0n) is 19.1. The third kappa shape index (κ3) is 7.94. The smallest absolute Gasteiger partial charge is 0.272 e. The minimum Gasteiger partial charge on any atom is -0.756 e. The molecule has 2 aromatic rings. The molecule has 10 nitrogen and oxygen atoms in total. The lowest BCUT2D eigenvalue weighted by molar-refractivity contribution is -0.225. The zero-order valence-corrected chi connectivity index (χ0v) is 19.9. The fraction of sp³-hybridized carbons (Fsp3) is 0.524. The maximum atomic E-state index is 12.5. The van der Waals surface area contributed by atoms with Crippen molar-refractivity contribution in [1.29, 1.82) is 0 Å². The van der Waals surface area contributed by atoms with Gasteiger partial charge in [-0.25, -0.2) is 0 Å². The molecule has 0 fully saturated rings. The average molecular weight is 467 g/mol. The van der Waals surface area contributed by atoms with Crippen molar-refractivity contribution in [1.82, 2.24) is 14.5 Å². The highest BCUT2D eigenvalue weighted by molar-refractivity contribution is 7.45. The Morgan fingerprint density at radius 2 is 1.66 bits per heavy atom. The van der Waals surface area contributed by atoms with Crippen molar-refractivity contribution in [2.75, 3.05) is 25.1 Å². The van der Waals surface area contributed by atoms with Crippen LogP contribution in [0.4, 0.5) is 5.69 Å². The minimum absolute atomic E-state index is 0.0576. The van der Waals surface area contributed by atoms with Crippen LogP contribution in [0.5, 0.6) is 0 Å². The lowest BCUT2D eigenvalue weighted by Gasteiger charge is -2.21. The lowest BCUT2D eigenvalue weighted by Crippen LogP contribution is -2.26. The van der Waals surface area contributed by atoms with Crippen molar-refractivity contribution in [3.63, 3.8) is 0 Å². The first-order valence-electron chi connectivity index (χ1n) is 10.6. The van der Waals surface area contributed by atoms with Gasteiger partial charge in [-0.1, -0.05) is 12.8 Å². The number of phosphoric acid groups is 1. The molecule has 0 radical (unpaired) electrons. The second-order valence-electron chi connectivity index (χ2n) is 7.56. The standard InChI is InChI=1S/C21H33N4O6P/c1-5-30-32(28,29)31-11-9-7-6-8-10-22-20(26)19-13-17(15-25(19)4)23-21(27)18-12-16(2)14-24(18)3/h12-15H,5-11H2,1-4H3,(H,22,26)(H,23,27)(H,28,29)/p-1. The van der Waals surface area contributed by atoms with Crippen molar-refractivity contribution < 1.29 is 28.1 Å². The molecule has 1 atom stereocenters. The molecule has 32 heavy (non-hydrogen) atoms. The monoisotopic (exact) mass is 467 g/mol. The molecule has 0 aromatic carbocycles. The van der Waals surface area contributed by atoms with Gasteiger partial charge in [-0.3, -0.25) is 14.2 Å². The second kappa shape index (κ2) is 12.0. The quantitative estimate of drug-likeness (QED) is 0.345. The molecule has 2 heterocycles. The van der Waals surface area contributed by atoms with Crippen LogP contribution in [0, 0.1) is 6.92 Å². The van der Waals surface area contributed by atoms with Crippen molar-refractivity contribution >= 4 is 25.3 Å². The lowest BCUT2D eigenvalue weighted by atomic mass is 10.2. The van der Waals surface area contributed by atoms with Gasteiger partial charge in [0.05, 0.1) is 18.9 Å². The second-order valence-corrected chi connectivity index (χ2v) is 8.97. The number of aryl methyl sites for hydroxylation is 3. The molecule has 1 unspecified atom stereocenters. The van der Waals surface area contributed by atoms with Crippen molar-refractivity contribution in [3.8, 4) is 0 Å². The van der Waals surface area contributed by atoms with Crippen LogP contribution < -0.4 is 15.5 Å². The number of nitrogens with zero attached hydrogens (tertiary/aromatic N) is 2. The van der Waals surface area contributed by atoms with Gasteiger partial charge in [0.15, 0.2) is 0 Å². The molecular weight excluding hydrogens is 435 g/mol. The molecule has 0 bridgehead atoms. The molecule has 0 saturated carbocycles. The molecule has 0 aliphatic carbocycles. The van der Waals surface area contributed by atoms with Crippen LogP contribution in [0.1, 0.15) is 59.1 Å². The summed E-state index contributed by atoms with van der Waals surface area (Å²) in [7, 11) is -0.617. The Bertz CT molecular complexity index is 968. The summed E-state index contributed by atoms with van der Waals surface area (Å²) in [5.74, 6) is -0.466. The van der Waals surface area contributed by atoms with E-state index in [-0.39, 0.29) is 25.0 Å². The zero-order chi connectivity index (χ0) is 23.7. The average Bonchev–Trinajstić information content (AvgIpc) is 3.24. The number of amides is 2. The van der Waals surface area contributed by atoms with E-state index < -0.39 is 7.82 Å². The molecule has 0 spiro atoms. The van der Waals surface area contributed by atoms with E-state index in [0.29, 0.717) is 30.0 Å². The number of unbranched alkanes of at least 4 members (excludes halogenated alkanes) is 3. The third-order valence-electron chi connectivity index (χ3n) is 4.76. The predicted molar refractivity (Wildman–Crippen MR) is 120 cm³/mol. The van der Waals surface area contributed by atoms with Gasteiger partial charge in [0.25, 0.3) is 19.6 Å². The van der Waals surface area contributed by atoms with E-state index >= 15 is 0 Å². The summed E-state index contributed by atoms with van der Waals surface area (Å²) >= 11 is 0. The Hall–Kier alpha value is -2.39. The molecule has 178 valence electrons. The Morgan fingerprint density at radius 1 is 1.00 bits per heavy atom. The largest absolute Gasteiger partial charge is 0.756 e. The minimum atomic E-state index is -4.17. The van der Waals surface area contributed by atoms with Crippen LogP contribution in [0.25, 0.3) is 0 Å². The number of rotatable bonds is 13. The molecule has 0 aliphatic heterocycles. The van der Waals surface area contributed by atoms with Gasteiger partial charge in [0.2, 0.25) is 0 Å². The third-order valence-corrected chi connectivity index (χ3v) is 5.84. The van der Waals surface area contributed by atoms with Crippen LogP contribution in [-0.2, 0) is 27.7 Å². The fourth-order valence-corrected chi connectivity index (χ4v) is 4.00. The Morgan fingerprint density at radius 3 is 2.31 bits per heavy atom. The first kappa shape index (κ1) is 25.9. The molecule has 2 aromatic heterocycles. The van der Waals surface area contributed by atoms with Crippen LogP contribution in [-0.4, -0.2) is 40.7 Å². The van der Waals surface area contributed by atoms with E-state index in [2.05, 4.69) is 15.2 Å². The highest BCUT2D eigenvalue weighted by Gasteiger charge is 2.15. The van der Waals surface area contributed by atoms with Gasteiger partial charge in [-0.15, -0.1) is 0 Å². The van der Waals surface area contributed by atoms with Crippen molar-refractivity contribution in [3.05, 3.63) is 41.5 Å². The number of hydrogen-bond donors (Lipinski definition) is 2. The highest BCUT2D eigenvalue weighted by Crippen LogP contribution is 2.37. The normalized spacial score (nSPS) is 13.0. The number of hydrogen-bond acceptors (Lipinski definition) is 6. The summed E-state index contributed by atoms with van der Waals surface area (Å²) in [6, 6.07) is 3.44. The number of nitrogens with one attached hydrogen (secondary N) is 2. The molecule has 2 rings (SSSR count). The van der Waals surface area contributed by atoms with E-state index in [4.69, 9.17) is 4.52 Å². The van der Waals surface area contributed by atoms with Gasteiger partial charge in [0.1, 0.15) is 11.4 Å². The van der Waals surface area contributed by atoms with E-state index in [1.807, 2.05) is 20.2 Å². The molecular formula is C21H32N4O6P-. The van der Waals surface area contributed by atoms with Crippen LogP contribution in [0.3, 0.4) is 0 Å². The van der Waals surface area contributed by atoms with E-state index in [1.54, 1.807) is 41.4 Å². The molecule has 0 aliphatic rings. The molecule has 2 N–H and O–H groups in total. The van der Waals surface area contributed by atoms with E-state index in [9.17, 15) is 19.0 Å². The summed E-state index contributed by atoms with van der Waals surface area (Å²) in [6.07, 6.45) is 6.52. The van der Waals surface area contributed by atoms with Crippen LogP contribution in [0.15, 0.2) is 24.5 Å². The maximum absolute atomic E-state index is 12.5. The first-order chi connectivity index (χ1) is 15.1. The Labute approximate surface area is 188 Å². The van der Waals surface area contributed by atoms with Gasteiger partial charge >= 0.3 is 0 Å². The van der Waals surface area contributed by atoms with Crippen LogP contribution >= 0.6 is 7.82 Å². The van der Waals surface area contributed by atoms with Crippen molar-refractivity contribution in [2.24, 2.45) is 14.1 Å². The summed E-state index contributed by atoms with van der Waals surface area (Å²) in [4.78, 5) is 36.2. The Balaban J connectivity index is 1.70. The topological polar surface area (TPSA) is 127 Å². The van der Waals surface area contributed by atoms with Gasteiger partial charge in [-0.2, -0.15) is 0 Å². The number of carbonyl (C=O) groups excluding carboxylic acids is 2. The van der Waals surface area contributed by atoms with Gasteiger partial charge in [0, 0.05) is 33.0 Å². The molecule has 2 amide bonds. The SMILES string of the molecule is CCOP(=O)([O-])OCCCCCCNC(=O)c1cc(NC(=O)c2cc(C)cn2C)cn1C. The maximum Gasteiger partial charge on any atom is 0.272 e. The molecule has 11 heteroatoms. The number of phosphoric ester groups is 1. The number of carbonyl (C=O) groups is 2. The fourth-order valence-electron chi connectivity index (χ4n) is 3.25. The summed E-state index contributed by atoms with van der Waals surface area (Å²) in [5.41, 5.74) is 2.52.